The summed E-state index contributed by atoms with van der Waals surface area (Å²) in [5, 5.41) is 0. The Kier molecular flexibility index (Phi) is 7.50. The molecule has 2 aromatic carbocycles. The SMILES string of the molecule is COc1ccc([C@H](CC(=O)N2CCC(Cc3ccccc3)CC2)NS(C)(=O)=O)cc1. The highest BCUT2D eigenvalue weighted by Gasteiger charge is 2.26. The van der Waals surface area contributed by atoms with Crippen LogP contribution in [0.1, 0.15) is 36.4 Å². The number of amides is 1. The van der Waals surface area contributed by atoms with Gasteiger partial charge < -0.3 is 9.64 Å². The second-order valence-electron chi connectivity index (χ2n) is 7.93. The molecule has 1 aliphatic rings. The molecular weight excluding hydrogens is 400 g/mol. The van der Waals surface area contributed by atoms with Crippen LogP contribution in [0.3, 0.4) is 0 Å². The number of hydrogen-bond donors (Lipinski definition) is 1. The fraction of sp³-hybridized carbons (Fsp3) is 0.435. The topological polar surface area (TPSA) is 75.7 Å². The number of piperidine rings is 1. The van der Waals surface area contributed by atoms with Crippen LogP contribution >= 0.6 is 0 Å². The van der Waals surface area contributed by atoms with Crippen LogP contribution in [0.2, 0.25) is 0 Å². The molecule has 0 bridgehead atoms. The molecule has 0 unspecified atom stereocenters. The van der Waals surface area contributed by atoms with Crippen LogP contribution in [0.15, 0.2) is 54.6 Å². The molecule has 3 rings (SSSR count). The summed E-state index contributed by atoms with van der Waals surface area (Å²) in [5.74, 6) is 1.23. The molecule has 1 fully saturated rings. The van der Waals surface area contributed by atoms with E-state index in [1.54, 1.807) is 31.4 Å². The lowest BCUT2D eigenvalue weighted by molar-refractivity contribution is -0.133. The van der Waals surface area contributed by atoms with Crippen molar-refractivity contribution >= 4 is 15.9 Å². The predicted octanol–water partition coefficient (Wildman–Crippen LogP) is 3.16. The van der Waals surface area contributed by atoms with Crippen molar-refractivity contribution in [3.05, 3.63) is 65.7 Å². The van der Waals surface area contributed by atoms with Crippen LogP contribution < -0.4 is 9.46 Å². The molecule has 2 aromatic rings. The van der Waals surface area contributed by atoms with Crippen LogP contribution in [0, 0.1) is 5.92 Å². The highest BCUT2D eigenvalue weighted by Crippen LogP contribution is 2.25. The molecule has 1 atom stereocenters. The lowest BCUT2D eigenvalue weighted by atomic mass is 9.90. The Morgan fingerprint density at radius 2 is 1.73 bits per heavy atom. The van der Waals surface area contributed by atoms with Gasteiger partial charge in [0.2, 0.25) is 15.9 Å². The second kappa shape index (κ2) is 10.1. The third-order valence-corrected chi connectivity index (χ3v) is 6.30. The smallest absolute Gasteiger partial charge is 0.224 e. The standard InChI is InChI=1S/C23H30N2O4S/c1-29-21-10-8-20(9-11-21)22(24-30(2,27)28)17-23(26)25-14-12-19(13-15-25)16-18-6-4-3-5-7-18/h3-11,19,22,24H,12-17H2,1-2H3/t22-/m0/s1. The fourth-order valence-electron chi connectivity index (χ4n) is 3.96. The van der Waals surface area contributed by atoms with E-state index in [1.807, 2.05) is 11.0 Å². The van der Waals surface area contributed by atoms with Crippen molar-refractivity contribution in [3.8, 4) is 5.75 Å². The van der Waals surface area contributed by atoms with E-state index >= 15 is 0 Å². The summed E-state index contributed by atoms with van der Waals surface area (Å²) in [6, 6.07) is 17.0. The molecule has 1 saturated heterocycles. The van der Waals surface area contributed by atoms with Gasteiger partial charge in [0.1, 0.15) is 5.75 Å². The minimum absolute atomic E-state index is 0.0230. The van der Waals surface area contributed by atoms with E-state index in [0.717, 1.165) is 31.1 Å². The highest BCUT2D eigenvalue weighted by atomic mass is 32.2. The number of benzene rings is 2. The molecule has 7 heteroatoms. The van der Waals surface area contributed by atoms with Crippen molar-refractivity contribution in [1.29, 1.82) is 0 Å². The van der Waals surface area contributed by atoms with E-state index in [4.69, 9.17) is 4.74 Å². The van der Waals surface area contributed by atoms with E-state index in [0.29, 0.717) is 24.8 Å². The summed E-state index contributed by atoms with van der Waals surface area (Å²) >= 11 is 0. The number of ether oxygens (including phenoxy) is 1. The summed E-state index contributed by atoms with van der Waals surface area (Å²) in [5.41, 5.74) is 2.08. The Morgan fingerprint density at radius 3 is 2.30 bits per heavy atom. The molecule has 6 nitrogen and oxygen atoms in total. The molecule has 30 heavy (non-hydrogen) atoms. The van der Waals surface area contributed by atoms with Crippen LogP contribution in [0.4, 0.5) is 0 Å². The van der Waals surface area contributed by atoms with Crippen molar-refractivity contribution in [2.45, 2.75) is 31.7 Å². The minimum atomic E-state index is -3.46. The van der Waals surface area contributed by atoms with Crippen LogP contribution in [-0.2, 0) is 21.2 Å². The van der Waals surface area contributed by atoms with Crippen molar-refractivity contribution in [2.75, 3.05) is 26.5 Å². The monoisotopic (exact) mass is 430 g/mol. The zero-order valence-corrected chi connectivity index (χ0v) is 18.4. The first kappa shape index (κ1) is 22.3. The zero-order chi connectivity index (χ0) is 21.6. The first-order valence-corrected chi connectivity index (χ1v) is 12.2. The normalized spacial score (nSPS) is 16.3. The van der Waals surface area contributed by atoms with E-state index < -0.39 is 16.1 Å². The maximum Gasteiger partial charge on any atom is 0.224 e. The van der Waals surface area contributed by atoms with Gasteiger partial charge in [0, 0.05) is 19.5 Å². The number of nitrogens with one attached hydrogen (secondary N) is 1. The molecule has 0 aromatic heterocycles. The van der Waals surface area contributed by atoms with Crippen molar-refractivity contribution in [1.82, 2.24) is 9.62 Å². The Balaban J connectivity index is 1.60. The summed E-state index contributed by atoms with van der Waals surface area (Å²) < 4.78 is 31.5. The van der Waals surface area contributed by atoms with Crippen LogP contribution in [0.25, 0.3) is 0 Å². The summed E-state index contributed by atoms with van der Waals surface area (Å²) in [6.07, 6.45) is 4.18. The molecule has 162 valence electrons. The van der Waals surface area contributed by atoms with E-state index in [-0.39, 0.29) is 12.3 Å². The van der Waals surface area contributed by atoms with E-state index in [1.165, 1.54) is 5.56 Å². The second-order valence-corrected chi connectivity index (χ2v) is 9.71. The van der Waals surface area contributed by atoms with E-state index in [2.05, 4.69) is 29.0 Å². The third kappa shape index (κ3) is 6.57. The molecule has 1 heterocycles. The number of rotatable bonds is 8. The number of methoxy groups -OCH3 is 1. The molecule has 1 aliphatic heterocycles. The number of hydrogen-bond acceptors (Lipinski definition) is 4. The Labute approximate surface area is 179 Å². The Hall–Kier alpha value is -2.38. The molecule has 0 radical (unpaired) electrons. The summed E-state index contributed by atoms with van der Waals surface area (Å²) in [4.78, 5) is 14.8. The van der Waals surface area contributed by atoms with Crippen molar-refractivity contribution in [2.24, 2.45) is 5.92 Å². The molecule has 0 saturated carbocycles. The highest BCUT2D eigenvalue weighted by molar-refractivity contribution is 7.88. The molecule has 0 aliphatic carbocycles. The van der Waals surface area contributed by atoms with Gasteiger partial charge in [0.05, 0.1) is 19.4 Å². The van der Waals surface area contributed by atoms with E-state index in [9.17, 15) is 13.2 Å². The largest absolute Gasteiger partial charge is 0.497 e. The molecule has 1 N–H and O–H groups in total. The lowest BCUT2D eigenvalue weighted by Crippen LogP contribution is -2.41. The maximum absolute atomic E-state index is 12.9. The van der Waals surface area contributed by atoms with Gasteiger partial charge in [-0.25, -0.2) is 13.1 Å². The number of sulfonamides is 1. The van der Waals surface area contributed by atoms with Crippen molar-refractivity contribution < 1.29 is 17.9 Å². The van der Waals surface area contributed by atoms with Crippen LogP contribution in [0.5, 0.6) is 5.75 Å². The van der Waals surface area contributed by atoms with Gasteiger partial charge in [0.25, 0.3) is 0 Å². The average Bonchev–Trinajstić information content (AvgIpc) is 2.73. The number of nitrogens with zero attached hydrogens (tertiary/aromatic N) is 1. The Bertz CT molecular complexity index is 921. The van der Waals surface area contributed by atoms with Gasteiger partial charge >= 0.3 is 0 Å². The van der Waals surface area contributed by atoms with Gasteiger partial charge in [-0.3, -0.25) is 4.79 Å². The lowest BCUT2D eigenvalue weighted by Gasteiger charge is -2.33. The van der Waals surface area contributed by atoms with Gasteiger partial charge in [-0.05, 0) is 48.4 Å². The first-order chi connectivity index (χ1) is 14.3. The number of carbonyl (C=O) groups is 1. The quantitative estimate of drug-likeness (QED) is 0.698. The van der Waals surface area contributed by atoms with Crippen LogP contribution in [-0.4, -0.2) is 45.7 Å². The number of carbonyl (C=O) groups excluding carboxylic acids is 1. The molecule has 1 amide bonds. The third-order valence-electron chi connectivity index (χ3n) is 5.59. The summed E-state index contributed by atoms with van der Waals surface area (Å²) in [6.45, 7) is 1.43. The minimum Gasteiger partial charge on any atom is -0.497 e. The van der Waals surface area contributed by atoms with Gasteiger partial charge in [-0.2, -0.15) is 0 Å². The zero-order valence-electron chi connectivity index (χ0n) is 17.6. The molecule has 0 spiro atoms. The first-order valence-electron chi connectivity index (χ1n) is 10.3. The molecular formula is C23H30N2O4S. The average molecular weight is 431 g/mol. The summed E-state index contributed by atoms with van der Waals surface area (Å²) in [7, 11) is -1.88. The fourth-order valence-corrected chi connectivity index (χ4v) is 4.70. The van der Waals surface area contributed by atoms with Gasteiger partial charge in [-0.15, -0.1) is 0 Å². The maximum atomic E-state index is 12.9. The predicted molar refractivity (Wildman–Crippen MR) is 118 cm³/mol. The van der Waals surface area contributed by atoms with Gasteiger partial charge in [-0.1, -0.05) is 42.5 Å². The van der Waals surface area contributed by atoms with Gasteiger partial charge in [0.15, 0.2) is 0 Å². The number of likely N-dealkylation sites (tertiary alicyclic amines) is 1. The van der Waals surface area contributed by atoms with Crippen molar-refractivity contribution in [3.63, 3.8) is 0 Å². The Morgan fingerprint density at radius 1 is 1.10 bits per heavy atom.